The third-order valence-corrected chi connectivity index (χ3v) is 3.06. The molecule has 1 aromatic carbocycles. The maximum absolute atomic E-state index is 12.8. The Morgan fingerprint density at radius 1 is 1.16 bits per heavy atom. The third kappa shape index (κ3) is 2.30. The molecule has 2 rings (SSSR count). The lowest BCUT2D eigenvalue weighted by Crippen LogP contribution is -2.10. The van der Waals surface area contributed by atoms with Crippen LogP contribution in [0.4, 0.5) is 13.2 Å². The van der Waals surface area contributed by atoms with Crippen LogP contribution in [0.15, 0.2) is 18.2 Å². The second-order valence-electron chi connectivity index (χ2n) is 5.49. The van der Waals surface area contributed by atoms with Gasteiger partial charge >= 0.3 is 6.18 Å². The Bertz CT molecular complexity index is 667. The fourth-order valence-electron chi connectivity index (χ4n) is 1.99. The monoisotopic (exact) mass is 266 g/mol. The molecule has 0 unspecified atom stereocenters. The second-order valence-corrected chi connectivity index (χ2v) is 5.49. The summed E-state index contributed by atoms with van der Waals surface area (Å²) < 4.78 is 38.5. The fraction of sp³-hybridized carbons (Fsp3) is 0.357. The zero-order chi connectivity index (χ0) is 14.4. The predicted molar refractivity (Wildman–Crippen MR) is 66.7 cm³/mol. The molecule has 0 fully saturated rings. The molecule has 1 N–H and O–H groups in total. The van der Waals surface area contributed by atoms with Crippen LogP contribution in [0.2, 0.25) is 0 Å². The zero-order valence-corrected chi connectivity index (χ0v) is 10.8. The predicted octanol–water partition coefficient (Wildman–Crippen LogP) is 4.36. The summed E-state index contributed by atoms with van der Waals surface area (Å²) in [6, 6.07) is 6.67. The van der Waals surface area contributed by atoms with Gasteiger partial charge in [0.1, 0.15) is 11.8 Å². The van der Waals surface area contributed by atoms with Crippen molar-refractivity contribution in [2.75, 3.05) is 0 Å². The highest BCUT2D eigenvalue weighted by atomic mass is 19.4. The highest BCUT2D eigenvalue weighted by Gasteiger charge is 2.36. The summed E-state index contributed by atoms with van der Waals surface area (Å²) in [5.74, 6) is 0. The van der Waals surface area contributed by atoms with E-state index in [1.165, 1.54) is 0 Å². The topological polar surface area (TPSA) is 39.6 Å². The van der Waals surface area contributed by atoms with E-state index in [-0.39, 0.29) is 11.0 Å². The Morgan fingerprint density at radius 3 is 2.26 bits per heavy atom. The molecule has 2 nitrogen and oxygen atoms in total. The van der Waals surface area contributed by atoms with Crippen LogP contribution in [-0.4, -0.2) is 4.98 Å². The number of aromatic amines is 1. The van der Waals surface area contributed by atoms with E-state index in [0.29, 0.717) is 10.9 Å². The lowest BCUT2D eigenvalue weighted by molar-refractivity contribution is -0.140. The first-order valence-corrected chi connectivity index (χ1v) is 5.78. The van der Waals surface area contributed by atoms with Crippen molar-refractivity contribution in [1.82, 2.24) is 4.98 Å². The molecule has 2 aromatic rings. The third-order valence-electron chi connectivity index (χ3n) is 3.06. The highest BCUT2D eigenvalue weighted by molar-refractivity contribution is 5.88. The van der Waals surface area contributed by atoms with Gasteiger partial charge in [-0.05, 0) is 23.1 Å². The number of fused-ring (bicyclic) bond motifs is 1. The number of alkyl halides is 3. The molecule has 5 heteroatoms. The van der Waals surface area contributed by atoms with E-state index >= 15 is 0 Å². The molecule has 0 saturated heterocycles. The summed E-state index contributed by atoms with van der Waals surface area (Å²) in [4.78, 5) is 2.29. The number of H-pyrrole nitrogens is 1. The highest BCUT2D eigenvalue weighted by Crippen LogP contribution is 2.36. The molecule has 1 aromatic heterocycles. The smallest absolute Gasteiger partial charge is 0.350 e. The zero-order valence-electron chi connectivity index (χ0n) is 10.8. The van der Waals surface area contributed by atoms with E-state index < -0.39 is 11.9 Å². The number of halogens is 3. The van der Waals surface area contributed by atoms with Gasteiger partial charge in [-0.3, -0.25) is 0 Å². The SMILES string of the molecule is CC(C)(C)c1ccc2[nH]c(C(F)(F)F)c(C#N)c2c1. The van der Waals surface area contributed by atoms with Gasteiger partial charge < -0.3 is 4.98 Å². The maximum atomic E-state index is 12.8. The summed E-state index contributed by atoms with van der Waals surface area (Å²) in [6.45, 7) is 5.91. The molecule has 0 bridgehead atoms. The van der Waals surface area contributed by atoms with Crippen LogP contribution >= 0.6 is 0 Å². The van der Waals surface area contributed by atoms with Gasteiger partial charge in [-0.2, -0.15) is 18.4 Å². The Kier molecular flexibility index (Phi) is 2.85. The van der Waals surface area contributed by atoms with Gasteiger partial charge in [0.05, 0.1) is 5.56 Å². The molecule has 0 atom stereocenters. The number of benzene rings is 1. The van der Waals surface area contributed by atoms with Gasteiger partial charge in [0.15, 0.2) is 0 Å². The van der Waals surface area contributed by atoms with Crippen LogP contribution in [-0.2, 0) is 11.6 Å². The van der Waals surface area contributed by atoms with Gasteiger partial charge in [-0.15, -0.1) is 0 Å². The normalized spacial score (nSPS) is 12.7. The minimum Gasteiger partial charge on any atom is -0.350 e. The van der Waals surface area contributed by atoms with Gasteiger partial charge in [0.25, 0.3) is 0 Å². The lowest BCUT2D eigenvalue weighted by Gasteiger charge is -2.18. The summed E-state index contributed by atoms with van der Waals surface area (Å²) in [7, 11) is 0. The van der Waals surface area contributed by atoms with Crippen molar-refractivity contribution in [2.45, 2.75) is 32.4 Å². The molecule has 0 aliphatic carbocycles. The van der Waals surface area contributed by atoms with Crippen molar-refractivity contribution in [3.8, 4) is 6.07 Å². The Balaban J connectivity index is 2.77. The minimum atomic E-state index is -4.55. The lowest BCUT2D eigenvalue weighted by atomic mass is 9.86. The van der Waals surface area contributed by atoms with E-state index in [0.717, 1.165) is 5.56 Å². The summed E-state index contributed by atoms with van der Waals surface area (Å²) in [5.41, 5.74) is -0.276. The molecule has 1 heterocycles. The van der Waals surface area contributed by atoms with Crippen LogP contribution in [0.25, 0.3) is 10.9 Å². The molecular weight excluding hydrogens is 253 g/mol. The molecule has 0 saturated carbocycles. The Morgan fingerprint density at radius 2 is 1.79 bits per heavy atom. The first-order chi connectivity index (χ1) is 8.64. The second kappa shape index (κ2) is 4.02. The van der Waals surface area contributed by atoms with E-state index in [4.69, 9.17) is 5.26 Å². The van der Waals surface area contributed by atoms with Crippen LogP contribution in [0.3, 0.4) is 0 Å². The van der Waals surface area contributed by atoms with Crippen molar-refractivity contribution in [3.63, 3.8) is 0 Å². The molecule has 0 spiro atoms. The molecule has 0 radical (unpaired) electrons. The van der Waals surface area contributed by atoms with Crippen LogP contribution in [0, 0.1) is 11.3 Å². The summed E-state index contributed by atoms with van der Waals surface area (Å²) in [5, 5.41) is 9.31. The van der Waals surface area contributed by atoms with E-state index in [1.54, 1.807) is 24.3 Å². The van der Waals surface area contributed by atoms with E-state index in [1.807, 2.05) is 20.8 Å². The quantitative estimate of drug-likeness (QED) is 0.756. The average molecular weight is 266 g/mol. The first-order valence-electron chi connectivity index (χ1n) is 5.78. The number of rotatable bonds is 0. The maximum Gasteiger partial charge on any atom is 0.432 e. The number of hydrogen-bond acceptors (Lipinski definition) is 1. The number of aromatic nitrogens is 1. The van der Waals surface area contributed by atoms with Crippen LogP contribution < -0.4 is 0 Å². The van der Waals surface area contributed by atoms with Crippen LogP contribution in [0.1, 0.15) is 37.6 Å². The number of hydrogen-bond donors (Lipinski definition) is 1. The summed E-state index contributed by atoms with van der Waals surface area (Å²) >= 11 is 0. The van der Waals surface area contributed by atoms with Gasteiger partial charge in [-0.1, -0.05) is 26.8 Å². The van der Waals surface area contributed by atoms with Crippen molar-refractivity contribution >= 4 is 10.9 Å². The van der Waals surface area contributed by atoms with Gasteiger partial charge in [-0.25, -0.2) is 0 Å². The van der Waals surface area contributed by atoms with Crippen molar-refractivity contribution in [1.29, 1.82) is 5.26 Å². The van der Waals surface area contributed by atoms with Crippen molar-refractivity contribution in [3.05, 3.63) is 35.0 Å². The Hall–Kier alpha value is -1.96. The number of nitriles is 1. The van der Waals surface area contributed by atoms with E-state index in [2.05, 4.69) is 4.98 Å². The van der Waals surface area contributed by atoms with Crippen molar-refractivity contribution < 1.29 is 13.2 Å². The number of nitrogens with one attached hydrogen (secondary N) is 1. The standard InChI is InChI=1S/C14H13F3N2/c1-13(2,3)8-4-5-11-9(6-8)10(7-18)12(19-11)14(15,16)17/h4-6,19H,1-3H3. The van der Waals surface area contributed by atoms with E-state index in [9.17, 15) is 13.2 Å². The van der Waals surface area contributed by atoms with Crippen molar-refractivity contribution in [2.24, 2.45) is 0 Å². The van der Waals surface area contributed by atoms with Crippen LogP contribution in [0.5, 0.6) is 0 Å². The molecule has 19 heavy (non-hydrogen) atoms. The molecular formula is C14H13F3N2. The van der Waals surface area contributed by atoms with Gasteiger partial charge in [0, 0.05) is 10.9 Å². The average Bonchev–Trinajstić information content (AvgIpc) is 2.64. The first kappa shape index (κ1) is 13.5. The fourth-order valence-corrected chi connectivity index (χ4v) is 1.99. The molecule has 0 aliphatic rings. The molecule has 0 aliphatic heterocycles. The number of nitrogens with zero attached hydrogens (tertiary/aromatic N) is 1. The van der Waals surface area contributed by atoms with Gasteiger partial charge in [0.2, 0.25) is 0 Å². The molecule has 0 amide bonds. The summed E-state index contributed by atoms with van der Waals surface area (Å²) in [6.07, 6.45) is -4.55. The Labute approximate surface area is 108 Å². The minimum absolute atomic E-state index is 0.184. The molecule has 100 valence electrons. The largest absolute Gasteiger partial charge is 0.432 e.